The Bertz CT molecular complexity index is 876. The fourth-order valence-electron chi connectivity index (χ4n) is 2.21. The van der Waals surface area contributed by atoms with E-state index in [0.29, 0.717) is 24.0 Å². The van der Waals surface area contributed by atoms with E-state index in [1.807, 2.05) is 48.5 Å². The number of hydrogen-bond acceptors (Lipinski definition) is 6. The van der Waals surface area contributed by atoms with Gasteiger partial charge in [-0.25, -0.2) is 9.78 Å². The van der Waals surface area contributed by atoms with Gasteiger partial charge in [0.25, 0.3) is 0 Å². The van der Waals surface area contributed by atoms with Gasteiger partial charge in [-0.2, -0.15) is 0 Å². The largest absolute Gasteiger partial charge is 0.497 e. The monoisotopic (exact) mass is 371 g/mol. The number of rotatable bonds is 8. The number of carboxylic acids is 1. The van der Waals surface area contributed by atoms with Crippen molar-refractivity contribution in [2.24, 2.45) is 0 Å². The standard InChI is InChI=1S/C19H17NO5S/c1-23-15-3-2-4-16(11-15)25-10-9-24-14-7-5-13(6-8-14)18-20-17(12-26-18)19(21)22/h2-8,11-12H,9-10H2,1H3,(H,21,22). The first kappa shape index (κ1) is 17.8. The molecule has 0 atom stereocenters. The summed E-state index contributed by atoms with van der Waals surface area (Å²) in [7, 11) is 1.61. The molecular formula is C19H17NO5S. The van der Waals surface area contributed by atoms with Crippen molar-refractivity contribution >= 4 is 17.3 Å². The van der Waals surface area contributed by atoms with Crippen LogP contribution in [-0.4, -0.2) is 36.4 Å². The van der Waals surface area contributed by atoms with Crippen LogP contribution in [-0.2, 0) is 0 Å². The molecule has 3 rings (SSSR count). The third-order valence-electron chi connectivity index (χ3n) is 3.49. The molecule has 134 valence electrons. The third-order valence-corrected chi connectivity index (χ3v) is 4.38. The minimum atomic E-state index is -1.02. The molecule has 0 amide bonds. The van der Waals surface area contributed by atoms with Crippen molar-refractivity contribution in [1.82, 2.24) is 4.98 Å². The molecule has 0 saturated heterocycles. The second kappa shape index (κ2) is 8.35. The summed E-state index contributed by atoms with van der Waals surface area (Å²) < 4.78 is 16.4. The van der Waals surface area contributed by atoms with Crippen molar-refractivity contribution in [2.45, 2.75) is 0 Å². The molecule has 26 heavy (non-hydrogen) atoms. The minimum Gasteiger partial charge on any atom is -0.497 e. The second-order valence-corrected chi connectivity index (χ2v) is 6.10. The summed E-state index contributed by atoms with van der Waals surface area (Å²) in [5.74, 6) is 1.15. The van der Waals surface area contributed by atoms with Gasteiger partial charge in [-0.1, -0.05) is 6.07 Å². The van der Waals surface area contributed by atoms with E-state index in [9.17, 15) is 4.79 Å². The number of ether oxygens (including phenoxy) is 3. The highest BCUT2D eigenvalue weighted by atomic mass is 32.1. The molecule has 3 aromatic rings. The molecule has 1 N–H and O–H groups in total. The Morgan fingerprint density at radius 2 is 1.73 bits per heavy atom. The van der Waals surface area contributed by atoms with Crippen molar-refractivity contribution < 1.29 is 24.1 Å². The maximum atomic E-state index is 10.9. The molecule has 0 bridgehead atoms. The van der Waals surface area contributed by atoms with Crippen molar-refractivity contribution in [3.8, 4) is 27.8 Å². The molecule has 0 aliphatic rings. The SMILES string of the molecule is COc1cccc(OCCOc2ccc(-c3nc(C(=O)O)cs3)cc2)c1. The summed E-state index contributed by atoms with van der Waals surface area (Å²) in [5.41, 5.74) is 0.905. The zero-order valence-corrected chi connectivity index (χ0v) is 14.9. The zero-order valence-electron chi connectivity index (χ0n) is 14.0. The van der Waals surface area contributed by atoms with Crippen LogP contribution in [0.4, 0.5) is 0 Å². The minimum absolute atomic E-state index is 0.0556. The Morgan fingerprint density at radius 3 is 2.38 bits per heavy atom. The number of aromatic nitrogens is 1. The van der Waals surface area contributed by atoms with Crippen LogP contribution in [0.15, 0.2) is 53.9 Å². The van der Waals surface area contributed by atoms with E-state index in [0.717, 1.165) is 17.1 Å². The van der Waals surface area contributed by atoms with Crippen LogP contribution in [0.3, 0.4) is 0 Å². The van der Waals surface area contributed by atoms with Gasteiger partial charge in [0, 0.05) is 17.0 Å². The number of thiazole rings is 1. The predicted molar refractivity (Wildman–Crippen MR) is 98.5 cm³/mol. The van der Waals surface area contributed by atoms with E-state index in [1.165, 1.54) is 16.7 Å². The predicted octanol–water partition coefficient (Wildman–Crippen LogP) is 3.97. The third kappa shape index (κ3) is 4.52. The summed E-state index contributed by atoms with van der Waals surface area (Å²) in [4.78, 5) is 15.0. The van der Waals surface area contributed by atoms with Gasteiger partial charge in [-0.05, 0) is 36.4 Å². The lowest BCUT2D eigenvalue weighted by Gasteiger charge is -2.09. The fraction of sp³-hybridized carbons (Fsp3) is 0.158. The second-order valence-electron chi connectivity index (χ2n) is 5.24. The van der Waals surface area contributed by atoms with Crippen molar-refractivity contribution in [3.05, 3.63) is 59.6 Å². The van der Waals surface area contributed by atoms with Crippen LogP contribution in [0, 0.1) is 0 Å². The Kier molecular flexibility index (Phi) is 5.70. The van der Waals surface area contributed by atoms with E-state index in [4.69, 9.17) is 19.3 Å². The summed E-state index contributed by atoms with van der Waals surface area (Å²) in [6.07, 6.45) is 0. The van der Waals surface area contributed by atoms with Crippen LogP contribution in [0.1, 0.15) is 10.5 Å². The number of hydrogen-bond donors (Lipinski definition) is 1. The maximum Gasteiger partial charge on any atom is 0.355 e. The van der Waals surface area contributed by atoms with Gasteiger partial charge in [0.05, 0.1) is 7.11 Å². The number of nitrogens with zero attached hydrogens (tertiary/aromatic N) is 1. The smallest absolute Gasteiger partial charge is 0.355 e. The molecule has 0 fully saturated rings. The van der Waals surface area contributed by atoms with Gasteiger partial charge in [0.2, 0.25) is 0 Å². The van der Waals surface area contributed by atoms with Crippen molar-refractivity contribution in [3.63, 3.8) is 0 Å². The van der Waals surface area contributed by atoms with Crippen LogP contribution in [0.2, 0.25) is 0 Å². The Labute approximate surface area is 154 Å². The lowest BCUT2D eigenvalue weighted by atomic mass is 10.2. The molecule has 0 unspecified atom stereocenters. The normalized spacial score (nSPS) is 10.3. The molecule has 0 spiro atoms. The van der Waals surface area contributed by atoms with Gasteiger partial charge in [0.1, 0.15) is 35.5 Å². The van der Waals surface area contributed by atoms with Crippen LogP contribution >= 0.6 is 11.3 Å². The van der Waals surface area contributed by atoms with Gasteiger partial charge in [0.15, 0.2) is 5.69 Å². The van der Waals surface area contributed by atoms with Crippen LogP contribution < -0.4 is 14.2 Å². The van der Waals surface area contributed by atoms with Crippen LogP contribution in [0.5, 0.6) is 17.2 Å². The molecule has 0 saturated carbocycles. The Hall–Kier alpha value is -3.06. The van der Waals surface area contributed by atoms with Gasteiger partial charge >= 0.3 is 5.97 Å². The summed E-state index contributed by atoms with van der Waals surface area (Å²) in [6.45, 7) is 0.806. The van der Waals surface area contributed by atoms with Gasteiger partial charge in [-0.15, -0.1) is 11.3 Å². The highest BCUT2D eigenvalue weighted by Crippen LogP contribution is 2.26. The average Bonchev–Trinajstić information content (AvgIpc) is 3.16. The maximum absolute atomic E-state index is 10.9. The first-order chi connectivity index (χ1) is 12.7. The van der Waals surface area contributed by atoms with Crippen LogP contribution in [0.25, 0.3) is 10.6 Å². The Morgan fingerprint density at radius 1 is 1.04 bits per heavy atom. The fourth-order valence-corrected chi connectivity index (χ4v) is 3.01. The quantitative estimate of drug-likeness (QED) is 0.604. The lowest BCUT2D eigenvalue weighted by Crippen LogP contribution is -2.08. The molecule has 1 aromatic heterocycles. The lowest BCUT2D eigenvalue weighted by molar-refractivity contribution is 0.0691. The van der Waals surface area contributed by atoms with E-state index in [1.54, 1.807) is 7.11 Å². The summed E-state index contributed by atoms with van der Waals surface area (Å²) in [6, 6.07) is 14.7. The molecule has 6 nitrogen and oxygen atoms in total. The number of carbonyl (C=O) groups is 1. The number of carboxylic acid groups (broad SMARTS) is 1. The van der Waals surface area contributed by atoms with Gasteiger partial charge < -0.3 is 19.3 Å². The topological polar surface area (TPSA) is 77.9 Å². The van der Waals surface area contributed by atoms with E-state index < -0.39 is 5.97 Å². The molecule has 0 radical (unpaired) electrons. The van der Waals surface area contributed by atoms with Crippen molar-refractivity contribution in [1.29, 1.82) is 0 Å². The molecule has 1 heterocycles. The first-order valence-electron chi connectivity index (χ1n) is 7.84. The average molecular weight is 371 g/mol. The zero-order chi connectivity index (χ0) is 18.4. The van der Waals surface area contributed by atoms with Gasteiger partial charge in [-0.3, -0.25) is 0 Å². The highest BCUT2D eigenvalue weighted by molar-refractivity contribution is 7.13. The number of methoxy groups -OCH3 is 1. The van der Waals surface area contributed by atoms with E-state index >= 15 is 0 Å². The first-order valence-corrected chi connectivity index (χ1v) is 8.72. The van der Waals surface area contributed by atoms with Crippen molar-refractivity contribution in [2.75, 3.05) is 20.3 Å². The number of aromatic carboxylic acids is 1. The molecule has 0 aliphatic carbocycles. The molecule has 7 heteroatoms. The van der Waals surface area contributed by atoms with E-state index in [-0.39, 0.29) is 5.69 Å². The summed E-state index contributed by atoms with van der Waals surface area (Å²) >= 11 is 1.30. The number of benzene rings is 2. The molecular weight excluding hydrogens is 354 g/mol. The highest BCUT2D eigenvalue weighted by Gasteiger charge is 2.10. The Balaban J connectivity index is 1.50. The van der Waals surface area contributed by atoms with E-state index in [2.05, 4.69) is 4.98 Å². The summed E-state index contributed by atoms with van der Waals surface area (Å²) in [5, 5.41) is 11.1. The molecule has 0 aliphatic heterocycles. The molecule has 2 aromatic carbocycles.